The van der Waals surface area contributed by atoms with Gasteiger partial charge in [0.05, 0.1) is 0 Å². The number of alkyl halides is 5. The van der Waals surface area contributed by atoms with E-state index in [0.717, 1.165) is 25.7 Å². The molecule has 0 unspecified atom stereocenters. The van der Waals surface area contributed by atoms with E-state index in [1.54, 1.807) is 0 Å². The number of carbonyl (C=O) groups excluding carboxylic acids is 2. The van der Waals surface area contributed by atoms with E-state index in [1.165, 1.54) is 32.1 Å². The molecule has 3 nitrogen and oxygen atoms in total. The average Bonchev–Trinajstić information content (AvgIpc) is 2.51. The molecule has 0 saturated heterocycles. The number of hydrogen-bond acceptors (Lipinski definition) is 3. The summed E-state index contributed by atoms with van der Waals surface area (Å²) in [6, 6.07) is 0. The van der Waals surface area contributed by atoms with Crippen LogP contribution in [0.1, 0.15) is 84.0 Å². The maximum absolute atomic E-state index is 12.6. The van der Waals surface area contributed by atoms with Crippen LogP contribution in [-0.2, 0) is 30.8 Å². The molecule has 0 aliphatic heterocycles. The Labute approximate surface area is 161 Å². The van der Waals surface area contributed by atoms with Crippen LogP contribution in [0, 0.1) is 0 Å². The van der Waals surface area contributed by atoms with E-state index in [4.69, 9.17) is 0 Å². The summed E-state index contributed by atoms with van der Waals surface area (Å²) in [4.78, 5) is 21.9. The van der Waals surface area contributed by atoms with E-state index in [2.05, 4.69) is 11.7 Å². The summed E-state index contributed by atoms with van der Waals surface area (Å²) in [7, 11) is 0. The topological polar surface area (TPSA) is 43.4 Å². The molecule has 0 aliphatic carbocycles. The molecule has 0 saturated carbocycles. The van der Waals surface area contributed by atoms with Crippen LogP contribution in [0.25, 0.3) is 0 Å². The Hall–Kier alpha value is -0.716. The van der Waals surface area contributed by atoms with Crippen molar-refractivity contribution in [3.8, 4) is 0 Å². The summed E-state index contributed by atoms with van der Waals surface area (Å²) in [6.45, 7) is 2.16. The normalized spacial score (nSPS) is 11.8. The molecule has 0 atom stereocenters. The fraction of sp³-hybridized carbons (Fsp3) is 0.882. The van der Waals surface area contributed by atoms with Crippen molar-refractivity contribution in [2.45, 2.75) is 96.1 Å². The van der Waals surface area contributed by atoms with Crippen LogP contribution in [-0.4, -0.2) is 24.0 Å². The van der Waals surface area contributed by atoms with Gasteiger partial charge >= 0.3 is 24.0 Å². The summed E-state index contributed by atoms with van der Waals surface area (Å²) in [5.74, 6) is -9.89. The summed E-state index contributed by atoms with van der Waals surface area (Å²) in [5, 5.41) is 0. The zero-order valence-electron chi connectivity index (χ0n) is 14.9. The molecule has 158 valence electrons. The van der Waals surface area contributed by atoms with Crippen molar-refractivity contribution in [1.82, 2.24) is 0 Å². The zero-order chi connectivity index (χ0) is 19.3. The van der Waals surface area contributed by atoms with Gasteiger partial charge in [-0.1, -0.05) is 71.1 Å². The third-order valence-corrected chi connectivity index (χ3v) is 3.80. The van der Waals surface area contributed by atoms with Crippen LogP contribution in [0.3, 0.4) is 0 Å². The summed E-state index contributed by atoms with van der Waals surface area (Å²) in [5.41, 5.74) is 0. The first-order valence-electron chi connectivity index (χ1n) is 8.82. The number of carbonyl (C=O) groups is 2. The first kappa shape index (κ1) is 27.5. The Morgan fingerprint density at radius 2 is 1.12 bits per heavy atom. The molecule has 0 spiro atoms. The number of unbranched alkanes of at least 4 members (excludes halogenated alkanes) is 10. The average molecular weight is 433 g/mol. The van der Waals surface area contributed by atoms with E-state index in [9.17, 15) is 31.5 Å². The Bertz CT molecular complexity index is 400. The Morgan fingerprint density at radius 3 is 1.50 bits per heavy atom. The minimum Gasteiger partial charge on any atom is -0.388 e. The summed E-state index contributed by atoms with van der Waals surface area (Å²) < 4.78 is 64.5. The Kier molecular flexibility index (Phi) is 15.2. The van der Waals surface area contributed by atoms with E-state index in [1.807, 2.05) is 0 Å². The van der Waals surface area contributed by atoms with Crippen molar-refractivity contribution >= 4 is 11.9 Å². The Balaban J connectivity index is 0. The molecular weight excluding hydrogens is 406 g/mol. The first-order chi connectivity index (χ1) is 11.6. The monoisotopic (exact) mass is 432 g/mol. The van der Waals surface area contributed by atoms with Crippen molar-refractivity contribution in [3.63, 3.8) is 0 Å². The molecule has 0 N–H and O–H groups in total. The van der Waals surface area contributed by atoms with Gasteiger partial charge in [-0.15, -0.1) is 0 Å². The van der Waals surface area contributed by atoms with Crippen molar-refractivity contribution in [2.24, 2.45) is 0 Å². The molecule has 9 heteroatoms. The van der Waals surface area contributed by atoms with Gasteiger partial charge in [-0.2, -0.15) is 22.0 Å². The minimum atomic E-state index is -6.07. The van der Waals surface area contributed by atoms with E-state index >= 15 is 0 Å². The molecule has 26 heavy (non-hydrogen) atoms. The van der Waals surface area contributed by atoms with Crippen molar-refractivity contribution < 1.29 is 52.8 Å². The summed E-state index contributed by atoms with van der Waals surface area (Å²) >= 11 is 0. The van der Waals surface area contributed by atoms with Gasteiger partial charge in [-0.05, 0) is 6.42 Å². The molecule has 0 radical (unpaired) electrons. The maximum Gasteiger partial charge on any atom is 0.465 e. The molecule has 0 fully saturated rings. The quantitative estimate of drug-likeness (QED) is 0.119. The fourth-order valence-corrected chi connectivity index (χ4v) is 2.27. The molecule has 0 bridgehead atoms. The van der Waals surface area contributed by atoms with Gasteiger partial charge in [0, 0.05) is 22.9 Å². The van der Waals surface area contributed by atoms with Crippen LogP contribution < -0.4 is 0 Å². The van der Waals surface area contributed by atoms with Crippen LogP contribution >= 0.6 is 0 Å². The first-order valence-corrected chi connectivity index (χ1v) is 8.82. The zero-order valence-corrected chi connectivity index (χ0v) is 15.9. The number of rotatable bonds is 13. The van der Waals surface area contributed by atoms with Gasteiger partial charge in [-0.3, -0.25) is 4.79 Å². The van der Waals surface area contributed by atoms with Gasteiger partial charge in [-0.25, -0.2) is 4.79 Å². The van der Waals surface area contributed by atoms with Crippen LogP contribution in [0.2, 0.25) is 0 Å². The standard InChI is InChI=1S/C17H27F5O3.Ni/c1-2-3-4-5-6-7-8-9-10-11-12-13-14(23)25-15(24)16(18,19)17(20,21)22;/h2-13H2,1H3;. The smallest absolute Gasteiger partial charge is 0.388 e. The van der Waals surface area contributed by atoms with Gasteiger partial charge < -0.3 is 4.74 Å². The van der Waals surface area contributed by atoms with Crippen LogP contribution in [0.4, 0.5) is 22.0 Å². The van der Waals surface area contributed by atoms with Gasteiger partial charge in [0.2, 0.25) is 0 Å². The molecular formula is C17H27F5NiO3. The second-order valence-corrected chi connectivity index (χ2v) is 6.12. The fourth-order valence-electron chi connectivity index (χ4n) is 2.27. The van der Waals surface area contributed by atoms with Gasteiger partial charge in [0.1, 0.15) is 0 Å². The number of ether oxygens (including phenoxy) is 1. The minimum absolute atomic E-state index is 0. The Morgan fingerprint density at radius 1 is 0.731 bits per heavy atom. The molecule has 0 aromatic heterocycles. The molecule has 0 aromatic rings. The number of hydrogen-bond donors (Lipinski definition) is 0. The molecule has 0 aromatic carbocycles. The summed E-state index contributed by atoms with van der Waals surface area (Å²) in [6.07, 6.45) is 4.70. The molecule has 0 aliphatic rings. The largest absolute Gasteiger partial charge is 0.465 e. The molecule has 0 heterocycles. The molecule has 0 amide bonds. The third kappa shape index (κ3) is 11.8. The van der Waals surface area contributed by atoms with Crippen molar-refractivity contribution in [2.75, 3.05) is 0 Å². The number of esters is 2. The van der Waals surface area contributed by atoms with Gasteiger partial charge in [0.15, 0.2) is 0 Å². The maximum atomic E-state index is 12.6. The number of halogens is 5. The second kappa shape index (κ2) is 14.4. The predicted molar refractivity (Wildman–Crippen MR) is 83.2 cm³/mol. The third-order valence-electron chi connectivity index (χ3n) is 3.80. The second-order valence-electron chi connectivity index (χ2n) is 6.12. The van der Waals surface area contributed by atoms with Crippen LogP contribution in [0.5, 0.6) is 0 Å². The van der Waals surface area contributed by atoms with Gasteiger partial charge in [0.25, 0.3) is 0 Å². The SMILES string of the molecule is CCCCCCCCCCCCCC(=O)OC(=O)C(F)(F)C(F)(F)F.[Ni]. The predicted octanol–water partition coefficient (Wildman–Crippen LogP) is 5.95. The van der Waals surface area contributed by atoms with Crippen LogP contribution in [0.15, 0.2) is 0 Å². The molecule has 0 rings (SSSR count). The van der Waals surface area contributed by atoms with E-state index in [0.29, 0.717) is 12.8 Å². The van der Waals surface area contributed by atoms with Crippen molar-refractivity contribution in [3.05, 3.63) is 0 Å². The van der Waals surface area contributed by atoms with Crippen molar-refractivity contribution in [1.29, 1.82) is 0 Å². The van der Waals surface area contributed by atoms with E-state index in [-0.39, 0.29) is 22.9 Å². The van der Waals surface area contributed by atoms with E-state index < -0.39 is 24.0 Å².